The SMILES string of the molecule is CC(C)CCNC(=O)CSc1nc(Cl)cc(N2CCN(c3cccc(Cl)c3)CC2)n1. The van der Waals surface area contributed by atoms with Gasteiger partial charge in [0.15, 0.2) is 5.16 Å². The van der Waals surface area contributed by atoms with Gasteiger partial charge in [0.25, 0.3) is 0 Å². The van der Waals surface area contributed by atoms with E-state index in [9.17, 15) is 4.79 Å². The van der Waals surface area contributed by atoms with Gasteiger partial charge in [0, 0.05) is 49.5 Å². The van der Waals surface area contributed by atoms with Crippen LogP contribution in [0.2, 0.25) is 10.2 Å². The maximum absolute atomic E-state index is 12.0. The summed E-state index contributed by atoms with van der Waals surface area (Å²) in [6.45, 7) is 8.33. The Morgan fingerprint density at radius 1 is 1.13 bits per heavy atom. The number of aromatic nitrogens is 2. The maximum Gasteiger partial charge on any atom is 0.230 e. The van der Waals surface area contributed by atoms with Gasteiger partial charge in [-0.05, 0) is 30.5 Å². The molecule has 1 aromatic heterocycles. The molecule has 2 heterocycles. The number of carbonyl (C=O) groups is 1. The number of hydrogen-bond donors (Lipinski definition) is 1. The fourth-order valence-electron chi connectivity index (χ4n) is 3.16. The molecule has 1 amide bonds. The molecule has 1 fully saturated rings. The lowest BCUT2D eigenvalue weighted by Gasteiger charge is -2.36. The Morgan fingerprint density at radius 2 is 1.87 bits per heavy atom. The smallest absolute Gasteiger partial charge is 0.230 e. The number of hydrogen-bond acceptors (Lipinski definition) is 6. The van der Waals surface area contributed by atoms with Crippen molar-refractivity contribution in [1.29, 1.82) is 0 Å². The standard InChI is InChI=1S/C21H27Cl2N5OS/c1-15(2)6-7-24-20(29)14-30-21-25-18(23)13-19(26-21)28-10-8-27(9-11-28)17-5-3-4-16(22)12-17/h3-5,12-13,15H,6-11,14H2,1-2H3,(H,24,29). The van der Waals surface area contributed by atoms with Crippen LogP contribution in [0.5, 0.6) is 0 Å². The van der Waals surface area contributed by atoms with Gasteiger partial charge in [-0.1, -0.05) is 54.9 Å². The van der Waals surface area contributed by atoms with Crippen LogP contribution in [0.15, 0.2) is 35.5 Å². The molecule has 1 saturated heterocycles. The van der Waals surface area contributed by atoms with Gasteiger partial charge in [-0.3, -0.25) is 4.79 Å². The number of anilines is 2. The summed E-state index contributed by atoms with van der Waals surface area (Å²) >= 11 is 13.7. The number of halogens is 2. The summed E-state index contributed by atoms with van der Waals surface area (Å²) in [5.41, 5.74) is 1.13. The van der Waals surface area contributed by atoms with E-state index in [1.54, 1.807) is 6.07 Å². The van der Waals surface area contributed by atoms with Crippen LogP contribution in [0.3, 0.4) is 0 Å². The van der Waals surface area contributed by atoms with E-state index < -0.39 is 0 Å². The Balaban J connectivity index is 1.54. The topological polar surface area (TPSA) is 61.4 Å². The summed E-state index contributed by atoms with van der Waals surface area (Å²) in [4.78, 5) is 25.4. The van der Waals surface area contributed by atoms with E-state index in [0.717, 1.165) is 49.1 Å². The molecular weight excluding hydrogens is 441 g/mol. The fraction of sp³-hybridized carbons (Fsp3) is 0.476. The molecule has 0 bridgehead atoms. The van der Waals surface area contributed by atoms with Crippen LogP contribution in [-0.4, -0.2) is 54.4 Å². The molecule has 3 rings (SSSR count). The summed E-state index contributed by atoms with van der Waals surface area (Å²) in [6.07, 6.45) is 0.968. The Morgan fingerprint density at radius 3 is 2.57 bits per heavy atom. The maximum atomic E-state index is 12.0. The van der Waals surface area contributed by atoms with Gasteiger partial charge in [0.1, 0.15) is 11.0 Å². The molecule has 0 unspecified atom stereocenters. The van der Waals surface area contributed by atoms with Crippen molar-refractivity contribution in [1.82, 2.24) is 15.3 Å². The molecule has 0 radical (unpaired) electrons. The molecule has 0 saturated carbocycles. The first-order valence-electron chi connectivity index (χ1n) is 10.1. The molecule has 6 nitrogen and oxygen atoms in total. The van der Waals surface area contributed by atoms with Gasteiger partial charge in [-0.2, -0.15) is 0 Å². The van der Waals surface area contributed by atoms with Crippen molar-refractivity contribution in [2.45, 2.75) is 25.4 Å². The first-order valence-corrected chi connectivity index (χ1v) is 11.8. The van der Waals surface area contributed by atoms with Crippen molar-refractivity contribution in [2.24, 2.45) is 5.92 Å². The average molecular weight is 468 g/mol. The van der Waals surface area contributed by atoms with Crippen LogP contribution in [0, 0.1) is 5.92 Å². The third-order valence-corrected chi connectivity index (χ3v) is 6.09. The van der Waals surface area contributed by atoms with Crippen LogP contribution in [0.4, 0.5) is 11.5 Å². The van der Waals surface area contributed by atoms with Crippen molar-refractivity contribution in [2.75, 3.05) is 48.3 Å². The summed E-state index contributed by atoms with van der Waals surface area (Å²) < 4.78 is 0. The number of thioether (sulfide) groups is 1. The number of piperazine rings is 1. The molecule has 162 valence electrons. The average Bonchev–Trinajstić information content (AvgIpc) is 2.72. The minimum absolute atomic E-state index is 0.0130. The van der Waals surface area contributed by atoms with Crippen LogP contribution in [0.25, 0.3) is 0 Å². The third kappa shape index (κ3) is 6.93. The minimum atomic E-state index is -0.0130. The lowest BCUT2D eigenvalue weighted by Crippen LogP contribution is -2.46. The van der Waals surface area contributed by atoms with E-state index in [4.69, 9.17) is 23.2 Å². The quantitative estimate of drug-likeness (QED) is 0.353. The predicted octanol–water partition coefficient (Wildman–Crippen LogP) is 4.36. The van der Waals surface area contributed by atoms with Gasteiger partial charge in [0.05, 0.1) is 5.75 Å². The van der Waals surface area contributed by atoms with Crippen LogP contribution >= 0.6 is 35.0 Å². The van der Waals surface area contributed by atoms with Crippen molar-refractivity contribution >= 4 is 52.4 Å². The van der Waals surface area contributed by atoms with E-state index in [1.807, 2.05) is 18.2 Å². The predicted molar refractivity (Wildman–Crippen MR) is 126 cm³/mol. The van der Waals surface area contributed by atoms with E-state index >= 15 is 0 Å². The molecule has 2 aromatic rings. The Bertz CT molecular complexity index is 859. The lowest BCUT2D eigenvalue weighted by molar-refractivity contribution is -0.118. The number of benzene rings is 1. The minimum Gasteiger partial charge on any atom is -0.368 e. The third-order valence-electron chi connectivity index (χ3n) is 4.81. The second kappa shape index (κ2) is 11.1. The molecule has 0 aliphatic carbocycles. The van der Waals surface area contributed by atoms with Gasteiger partial charge in [-0.25, -0.2) is 9.97 Å². The largest absolute Gasteiger partial charge is 0.368 e. The molecule has 9 heteroatoms. The highest BCUT2D eigenvalue weighted by Gasteiger charge is 2.20. The normalized spacial score (nSPS) is 14.3. The first-order chi connectivity index (χ1) is 14.4. The molecule has 1 N–H and O–H groups in total. The molecule has 1 aliphatic heterocycles. The van der Waals surface area contributed by atoms with Crippen molar-refractivity contribution in [3.63, 3.8) is 0 Å². The van der Waals surface area contributed by atoms with Gasteiger partial charge in [-0.15, -0.1) is 0 Å². The summed E-state index contributed by atoms with van der Waals surface area (Å²) in [5, 5.41) is 4.58. The van der Waals surface area contributed by atoms with Crippen molar-refractivity contribution < 1.29 is 4.79 Å². The second-order valence-corrected chi connectivity index (χ2v) is 9.37. The monoisotopic (exact) mass is 467 g/mol. The number of nitrogens with one attached hydrogen (secondary N) is 1. The highest BCUT2D eigenvalue weighted by atomic mass is 35.5. The Kier molecular flexibility index (Phi) is 8.48. The zero-order valence-electron chi connectivity index (χ0n) is 17.3. The Labute approximate surface area is 192 Å². The van der Waals surface area contributed by atoms with Crippen LogP contribution < -0.4 is 15.1 Å². The van der Waals surface area contributed by atoms with E-state index in [1.165, 1.54) is 11.8 Å². The first kappa shape index (κ1) is 23.0. The highest BCUT2D eigenvalue weighted by Crippen LogP contribution is 2.25. The van der Waals surface area contributed by atoms with Crippen LogP contribution in [-0.2, 0) is 4.79 Å². The molecule has 1 aromatic carbocycles. The van der Waals surface area contributed by atoms with E-state index in [2.05, 4.69) is 45.0 Å². The molecule has 1 aliphatic rings. The van der Waals surface area contributed by atoms with E-state index in [0.29, 0.717) is 22.8 Å². The summed E-state index contributed by atoms with van der Waals surface area (Å²) in [6, 6.07) is 9.69. The number of carbonyl (C=O) groups excluding carboxylic acids is 1. The van der Waals surface area contributed by atoms with E-state index in [-0.39, 0.29) is 11.7 Å². The molecule has 30 heavy (non-hydrogen) atoms. The van der Waals surface area contributed by atoms with Gasteiger partial charge >= 0.3 is 0 Å². The summed E-state index contributed by atoms with van der Waals surface area (Å²) in [7, 11) is 0. The number of nitrogens with zero attached hydrogens (tertiary/aromatic N) is 4. The fourth-order valence-corrected chi connectivity index (χ4v) is 4.26. The van der Waals surface area contributed by atoms with Gasteiger partial charge < -0.3 is 15.1 Å². The van der Waals surface area contributed by atoms with Crippen molar-refractivity contribution in [3.8, 4) is 0 Å². The number of amides is 1. The molecular formula is C21H27Cl2N5OS. The zero-order valence-corrected chi connectivity index (χ0v) is 19.6. The molecule has 0 atom stereocenters. The number of rotatable bonds is 8. The van der Waals surface area contributed by atoms with Crippen LogP contribution in [0.1, 0.15) is 20.3 Å². The van der Waals surface area contributed by atoms with Crippen molar-refractivity contribution in [3.05, 3.63) is 40.5 Å². The highest BCUT2D eigenvalue weighted by molar-refractivity contribution is 7.99. The zero-order chi connectivity index (χ0) is 21.5. The molecule has 0 spiro atoms. The lowest BCUT2D eigenvalue weighted by atomic mass is 10.1. The Hall–Kier alpha value is -1.70. The van der Waals surface area contributed by atoms with Gasteiger partial charge in [0.2, 0.25) is 5.91 Å². The summed E-state index contributed by atoms with van der Waals surface area (Å²) in [5.74, 6) is 1.63. The second-order valence-electron chi connectivity index (χ2n) is 7.61.